The van der Waals surface area contributed by atoms with E-state index < -0.39 is 30.2 Å². The van der Waals surface area contributed by atoms with Gasteiger partial charge in [-0.2, -0.15) is 0 Å². The number of ether oxygens (including phenoxy) is 1. The first kappa shape index (κ1) is 17.6. The van der Waals surface area contributed by atoms with Crippen LogP contribution in [-0.4, -0.2) is 36.8 Å². The molecule has 1 fully saturated rings. The summed E-state index contributed by atoms with van der Waals surface area (Å²) < 4.78 is 39.8. The summed E-state index contributed by atoms with van der Waals surface area (Å²) in [4.78, 5) is 33.8. The van der Waals surface area contributed by atoms with Gasteiger partial charge in [0.2, 0.25) is 5.91 Å². The molecule has 1 aromatic carbocycles. The van der Waals surface area contributed by atoms with E-state index in [9.17, 15) is 27.6 Å². The van der Waals surface area contributed by atoms with E-state index in [0.717, 1.165) is 0 Å². The third-order valence-electron chi connectivity index (χ3n) is 3.14. The van der Waals surface area contributed by atoms with Gasteiger partial charge in [0, 0.05) is 6.54 Å². The Bertz CT molecular complexity index is 631. The van der Waals surface area contributed by atoms with E-state index in [2.05, 4.69) is 15.4 Å². The van der Waals surface area contributed by atoms with Crippen molar-refractivity contribution in [2.45, 2.75) is 25.2 Å². The summed E-state index contributed by atoms with van der Waals surface area (Å²) in [7, 11) is 0. The maximum absolute atomic E-state index is 12.0. The third-order valence-corrected chi connectivity index (χ3v) is 3.14. The average molecular weight is 345 g/mol. The molecule has 0 saturated carbocycles. The minimum atomic E-state index is -4.74. The number of hydrogen-bond acceptors (Lipinski definition) is 4. The molecule has 10 heteroatoms. The van der Waals surface area contributed by atoms with Crippen molar-refractivity contribution in [3.05, 3.63) is 29.8 Å². The van der Waals surface area contributed by atoms with E-state index in [0.29, 0.717) is 12.0 Å². The molecular weight excluding hydrogens is 331 g/mol. The van der Waals surface area contributed by atoms with Crippen molar-refractivity contribution >= 4 is 17.8 Å². The van der Waals surface area contributed by atoms with Crippen molar-refractivity contribution in [3.8, 4) is 5.75 Å². The second-order valence-electron chi connectivity index (χ2n) is 5.01. The molecule has 2 rings (SSSR count). The van der Waals surface area contributed by atoms with Crippen LogP contribution in [0.5, 0.6) is 5.75 Å². The number of benzene rings is 1. The fourth-order valence-electron chi connectivity index (χ4n) is 2.06. The van der Waals surface area contributed by atoms with Crippen LogP contribution < -0.4 is 20.7 Å². The van der Waals surface area contributed by atoms with Gasteiger partial charge in [0.25, 0.3) is 5.91 Å². The number of urea groups is 1. The van der Waals surface area contributed by atoms with E-state index in [1.54, 1.807) is 0 Å². The predicted molar refractivity (Wildman–Crippen MR) is 74.9 cm³/mol. The number of carbonyl (C=O) groups excluding carboxylic acids is 3. The summed E-state index contributed by atoms with van der Waals surface area (Å²) >= 11 is 0. The van der Waals surface area contributed by atoms with Gasteiger partial charge in [-0.05, 0) is 24.1 Å². The molecule has 1 saturated heterocycles. The molecule has 24 heavy (non-hydrogen) atoms. The highest BCUT2D eigenvalue weighted by molar-refractivity contribution is 6.05. The summed E-state index contributed by atoms with van der Waals surface area (Å²) in [6.45, 7) is 0.237. The SMILES string of the molecule is O=C(C[C@@H]1NC(=O)NC1=O)NCCc1ccc(OC(F)(F)F)cc1. The van der Waals surface area contributed by atoms with Crippen LogP contribution in [0.4, 0.5) is 18.0 Å². The summed E-state index contributed by atoms with van der Waals surface area (Å²) in [5.74, 6) is -1.30. The number of carbonyl (C=O) groups is 3. The first-order chi connectivity index (χ1) is 11.2. The number of imide groups is 1. The smallest absolute Gasteiger partial charge is 0.406 e. The zero-order chi connectivity index (χ0) is 17.7. The van der Waals surface area contributed by atoms with Crippen LogP contribution in [0.25, 0.3) is 0 Å². The van der Waals surface area contributed by atoms with Crippen LogP contribution in [0.2, 0.25) is 0 Å². The maximum atomic E-state index is 12.0. The maximum Gasteiger partial charge on any atom is 0.573 e. The Morgan fingerprint density at radius 2 is 1.88 bits per heavy atom. The van der Waals surface area contributed by atoms with Crippen LogP contribution in [0.1, 0.15) is 12.0 Å². The van der Waals surface area contributed by atoms with Crippen LogP contribution in [0.15, 0.2) is 24.3 Å². The van der Waals surface area contributed by atoms with Crippen molar-refractivity contribution in [1.29, 1.82) is 0 Å². The van der Waals surface area contributed by atoms with Gasteiger partial charge in [-0.3, -0.25) is 14.9 Å². The molecule has 1 aromatic rings. The lowest BCUT2D eigenvalue weighted by Gasteiger charge is -2.10. The molecule has 1 atom stereocenters. The van der Waals surface area contributed by atoms with Gasteiger partial charge >= 0.3 is 12.4 Å². The Kier molecular flexibility index (Phi) is 5.27. The number of hydrogen-bond donors (Lipinski definition) is 3. The van der Waals surface area contributed by atoms with Gasteiger partial charge in [-0.1, -0.05) is 12.1 Å². The fraction of sp³-hybridized carbons (Fsp3) is 0.357. The van der Waals surface area contributed by atoms with Gasteiger partial charge in [0.05, 0.1) is 6.42 Å². The fourth-order valence-corrected chi connectivity index (χ4v) is 2.06. The van der Waals surface area contributed by atoms with Crippen LogP contribution >= 0.6 is 0 Å². The van der Waals surface area contributed by atoms with E-state index >= 15 is 0 Å². The Morgan fingerprint density at radius 3 is 2.42 bits per heavy atom. The van der Waals surface area contributed by atoms with Crippen molar-refractivity contribution in [2.24, 2.45) is 0 Å². The van der Waals surface area contributed by atoms with Crippen molar-refractivity contribution in [3.63, 3.8) is 0 Å². The zero-order valence-electron chi connectivity index (χ0n) is 12.3. The molecular formula is C14H14F3N3O4. The molecule has 0 aromatic heterocycles. The Hall–Kier alpha value is -2.78. The first-order valence-electron chi connectivity index (χ1n) is 6.96. The van der Waals surface area contributed by atoms with Gasteiger partial charge in [0.1, 0.15) is 11.8 Å². The summed E-state index contributed by atoms with van der Waals surface area (Å²) in [5, 5.41) is 6.88. The van der Waals surface area contributed by atoms with Crippen LogP contribution in [0, 0.1) is 0 Å². The molecule has 4 amide bonds. The molecule has 0 bridgehead atoms. The number of alkyl halides is 3. The molecule has 0 spiro atoms. The van der Waals surface area contributed by atoms with E-state index in [-0.39, 0.29) is 18.7 Å². The van der Waals surface area contributed by atoms with Crippen LogP contribution in [-0.2, 0) is 16.0 Å². The average Bonchev–Trinajstić information content (AvgIpc) is 2.77. The molecule has 130 valence electrons. The Labute approximate surface area is 134 Å². The van der Waals surface area contributed by atoms with Gasteiger partial charge in [-0.25, -0.2) is 4.79 Å². The van der Waals surface area contributed by atoms with E-state index in [4.69, 9.17) is 0 Å². The van der Waals surface area contributed by atoms with Crippen molar-refractivity contribution < 1.29 is 32.3 Å². The number of halogens is 3. The number of nitrogens with one attached hydrogen (secondary N) is 3. The lowest BCUT2D eigenvalue weighted by Crippen LogP contribution is -2.36. The number of rotatable bonds is 6. The highest BCUT2D eigenvalue weighted by atomic mass is 19.4. The van der Waals surface area contributed by atoms with Crippen molar-refractivity contribution in [1.82, 2.24) is 16.0 Å². The Balaban J connectivity index is 1.72. The molecule has 0 unspecified atom stereocenters. The molecule has 7 nitrogen and oxygen atoms in total. The number of amides is 4. The molecule has 1 aliphatic heterocycles. The summed E-state index contributed by atoms with van der Waals surface area (Å²) in [5.41, 5.74) is 0.705. The first-order valence-corrected chi connectivity index (χ1v) is 6.96. The quantitative estimate of drug-likeness (QED) is 0.666. The van der Waals surface area contributed by atoms with Gasteiger partial charge in [0.15, 0.2) is 0 Å². The molecule has 1 heterocycles. The lowest BCUT2D eigenvalue weighted by molar-refractivity contribution is -0.274. The second kappa shape index (κ2) is 7.20. The molecule has 0 radical (unpaired) electrons. The normalized spacial score (nSPS) is 17.2. The zero-order valence-corrected chi connectivity index (χ0v) is 12.3. The topological polar surface area (TPSA) is 96.5 Å². The summed E-state index contributed by atoms with van der Waals surface area (Å²) in [6.07, 6.45) is -4.53. The molecule has 0 aliphatic carbocycles. The van der Waals surface area contributed by atoms with Crippen LogP contribution in [0.3, 0.4) is 0 Å². The van der Waals surface area contributed by atoms with Crippen molar-refractivity contribution in [2.75, 3.05) is 6.54 Å². The van der Waals surface area contributed by atoms with E-state index in [1.807, 2.05) is 5.32 Å². The lowest BCUT2D eigenvalue weighted by atomic mass is 10.1. The van der Waals surface area contributed by atoms with E-state index in [1.165, 1.54) is 24.3 Å². The summed E-state index contributed by atoms with van der Waals surface area (Å²) in [6, 6.07) is 3.75. The monoisotopic (exact) mass is 345 g/mol. The predicted octanol–water partition coefficient (Wildman–Crippen LogP) is 0.842. The van der Waals surface area contributed by atoms with Gasteiger partial charge in [-0.15, -0.1) is 13.2 Å². The standard InChI is InChI=1S/C14H14F3N3O4/c15-14(16,17)24-9-3-1-8(2-4-9)5-6-18-11(21)7-10-12(22)20-13(23)19-10/h1-4,10H,5-7H2,(H,18,21)(H2,19,20,22,23)/t10-/m0/s1. The minimum Gasteiger partial charge on any atom is -0.406 e. The highest BCUT2D eigenvalue weighted by Gasteiger charge is 2.31. The molecule has 3 N–H and O–H groups in total. The van der Waals surface area contributed by atoms with Gasteiger partial charge < -0.3 is 15.4 Å². The minimum absolute atomic E-state index is 0.185. The largest absolute Gasteiger partial charge is 0.573 e. The Morgan fingerprint density at radius 1 is 1.21 bits per heavy atom. The second-order valence-corrected chi connectivity index (χ2v) is 5.01. The third kappa shape index (κ3) is 5.45. The highest BCUT2D eigenvalue weighted by Crippen LogP contribution is 2.22. The molecule has 1 aliphatic rings.